The highest BCUT2D eigenvalue weighted by Gasteiger charge is 2.24. The summed E-state index contributed by atoms with van der Waals surface area (Å²) in [5.74, 6) is 0. The molecule has 5 rings (SSSR count). The molecule has 3 aromatic heterocycles. The molecule has 1 aromatic carbocycles. The van der Waals surface area contributed by atoms with Crippen LogP contribution in [-0.4, -0.2) is 22.4 Å². The lowest BCUT2D eigenvalue weighted by Gasteiger charge is -2.13. The van der Waals surface area contributed by atoms with Crippen LogP contribution in [0.15, 0.2) is 71.3 Å². The number of pyridine rings is 1. The van der Waals surface area contributed by atoms with E-state index in [9.17, 15) is 8.42 Å². The molecule has 0 spiro atoms. The van der Waals surface area contributed by atoms with Crippen LogP contribution < -0.4 is 0 Å². The predicted molar refractivity (Wildman–Crippen MR) is 116 cm³/mol. The monoisotopic (exact) mass is 421 g/mol. The summed E-state index contributed by atoms with van der Waals surface area (Å²) in [5, 5.41) is 3.49. The lowest BCUT2D eigenvalue weighted by Crippen LogP contribution is -2.12. The van der Waals surface area contributed by atoms with Crippen molar-refractivity contribution in [2.75, 3.05) is 0 Å². The minimum Gasteiger partial charge on any atom is -0.244 e. The maximum absolute atomic E-state index is 13.3. The quantitative estimate of drug-likeness (QED) is 0.445. The van der Waals surface area contributed by atoms with Gasteiger partial charge in [-0.05, 0) is 55.0 Å². The molecular weight excluding hydrogens is 402 g/mol. The average molecular weight is 422 g/mol. The molecule has 5 nitrogen and oxygen atoms in total. The van der Waals surface area contributed by atoms with Gasteiger partial charge in [-0.25, -0.2) is 22.4 Å². The Labute approximate surface area is 173 Å². The Hall–Kier alpha value is -2.77. The Balaban J connectivity index is 1.75. The van der Waals surface area contributed by atoms with Crippen molar-refractivity contribution in [3.8, 4) is 10.6 Å². The van der Waals surface area contributed by atoms with Crippen molar-refractivity contribution in [2.45, 2.75) is 30.6 Å². The fourth-order valence-corrected chi connectivity index (χ4v) is 5.78. The van der Waals surface area contributed by atoms with Crippen LogP contribution >= 0.6 is 11.3 Å². The highest BCUT2D eigenvalue weighted by Crippen LogP contribution is 2.36. The van der Waals surface area contributed by atoms with Crippen molar-refractivity contribution >= 4 is 38.0 Å². The Kier molecular flexibility index (Phi) is 4.56. The highest BCUT2D eigenvalue weighted by molar-refractivity contribution is 7.90. The number of fused-ring (bicyclic) bond motifs is 1. The zero-order chi connectivity index (χ0) is 19.8. The number of thiazole rings is 1. The molecule has 1 aliphatic rings. The zero-order valence-electron chi connectivity index (χ0n) is 15.7. The van der Waals surface area contributed by atoms with Crippen molar-refractivity contribution in [3.63, 3.8) is 0 Å². The Morgan fingerprint density at radius 1 is 1.07 bits per heavy atom. The van der Waals surface area contributed by atoms with E-state index in [-0.39, 0.29) is 4.90 Å². The number of rotatable bonds is 4. The number of allylic oxidation sites excluding steroid dienone is 2. The third-order valence-corrected chi connectivity index (χ3v) is 7.71. The predicted octanol–water partition coefficient (Wildman–Crippen LogP) is 5.35. The van der Waals surface area contributed by atoms with Crippen molar-refractivity contribution < 1.29 is 8.42 Å². The van der Waals surface area contributed by atoms with E-state index in [1.54, 1.807) is 48.9 Å². The molecule has 7 heteroatoms. The van der Waals surface area contributed by atoms with Gasteiger partial charge in [0.05, 0.1) is 4.90 Å². The van der Waals surface area contributed by atoms with Gasteiger partial charge in [-0.1, -0.05) is 24.3 Å². The molecule has 29 heavy (non-hydrogen) atoms. The van der Waals surface area contributed by atoms with Crippen LogP contribution in [-0.2, 0) is 10.0 Å². The minimum absolute atomic E-state index is 0.239. The molecule has 1 aliphatic carbocycles. The molecule has 0 bridgehead atoms. The summed E-state index contributed by atoms with van der Waals surface area (Å²) >= 11 is 1.49. The molecule has 0 aliphatic heterocycles. The number of benzene rings is 1. The van der Waals surface area contributed by atoms with Crippen molar-refractivity contribution in [3.05, 3.63) is 72.0 Å². The van der Waals surface area contributed by atoms with Gasteiger partial charge >= 0.3 is 0 Å². The summed E-state index contributed by atoms with van der Waals surface area (Å²) in [4.78, 5) is 9.25. The zero-order valence-corrected chi connectivity index (χ0v) is 17.3. The first-order valence-electron chi connectivity index (χ1n) is 9.55. The Bertz CT molecular complexity index is 1310. The van der Waals surface area contributed by atoms with Gasteiger partial charge in [-0.3, -0.25) is 0 Å². The van der Waals surface area contributed by atoms with Gasteiger partial charge in [0.25, 0.3) is 10.0 Å². The minimum atomic E-state index is -3.76. The van der Waals surface area contributed by atoms with E-state index >= 15 is 0 Å². The third-order valence-electron chi connectivity index (χ3n) is 5.24. The van der Waals surface area contributed by atoms with Crippen molar-refractivity contribution in [1.82, 2.24) is 13.9 Å². The summed E-state index contributed by atoms with van der Waals surface area (Å²) in [5.41, 5.74) is 3.57. The standard InChI is InChI=1S/C22H19N3O2S2/c26-29(27,18-9-5-2-6-10-18)25-15-20(22-23-11-12-28-22)19-13-17(14-24-21(19)25)16-7-3-1-4-8-16/h2,5-7,9-15H,1,3-4,8H2. The maximum atomic E-state index is 13.3. The normalized spacial score (nSPS) is 14.8. The van der Waals surface area contributed by atoms with Gasteiger partial charge in [0, 0.05) is 34.9 Å². The van der Waals surface area contributed by atoms with Crippen LogP contribution in [0.25, 0.3) is 27.2 Å². The molecule has 0 N–H and O–H groups in total. The molecule has 4 aromatic rings. The summed E-state index contributed by atoms with van der Waals surface area (Å²) in [6.07, 6.45) is 11.9. The van der Waals surface area contributed by atoms with Gasteiger partial charge < -0.3 is 0 Å². The molecule has 0 amide bonds. The van der Waals surface area contributed by atoms with E-state index in [4.69, 9.17) is 0 Å². The van der Waals surface area contributed by atoms with E-state index in [1.807, 2.05) is 5.38 Å². The molecule has 146 valence electrons. The van der Waals surface area contributed by atoms with E-state index in [1.165, 1.54) is 33.7 Å². The second-order valence-corrected chi connectivity index (χ2v) is 9.77. The molecule has 0 radical (unpaired) electrons. The summed E-state index contributed by atoms with van der Waals surface area (Å²) in [6, 6.07) is 10.5. The molecule has 0 fully saturated rings. The van der Waals surface area contributed by atoms with E-state index < -0.39 is 10.0 Å². The number of hydrogen-bond acceptors (Lipinski definition) is 5. The lowest BCUT2D eigenvalue weighted by atomic mass is 9.94. The van der Waals surface area contributed by atoms with Crippen molar-refractivity contribution in [2.24, 2.45) is 0 Å². The first-order chi connectivity index (χ1) is 14.1. The number of hydrogen-bond donors (Lipinski definition) is 0. The maximum Gasteiger partial charge on any atom is 0.269 e. The molecule has 0 atom stereocenters. The average Bonchev–Trinajstić information content (AvgIpc) is 3.42. The Morgan fingerprint density at radius 3 is 2.66 bits per heavy atom. The van der Waals surface area contributed by atoms with Gasteiger partial charge in [0.2, 0.25) is 0 Å². The topological polar surface area (TPSA) is 64.8 Å². The van der Waals surface area contributed by atoms with E-state index in [2.05, 4.69) is 22.1 Å². The molecule has 0 saturated carbocycles. The van der Waals surface area contributed by atoms with Crippen molar-refractivity contribution in [1.29, 1.82) is 0 Å². The largest absolute Gasteiger partial charge is 0.269 e. The van der Waals surface area contributed by atoms with Crippen LogP contribution in [0.2, 0.25) is 0 Å². The molecular formula is C22H19N3O2S2. The lowest BCUT2D eigenvalue weighted by molar-refractivity contribution is 0.589. The second kappa shape index (κ2) is 7.24. The van der Waals surface area contributed by atoms with Gasteiger partial charge in [0.15, 0.2) is 5.65 Å². The van der Waals surface area contributed by atoms with E-state index in [0.717, 1.165) is 34.4 Å². The number of nitrogens with zero attached hydrogens (tertiary/aromatic N) is 3. The van der Waals surface area contributed by atoms with Crippen LogP contribution in [0.5, 0.6) is 0 Å². The second-order valence-electron chi connectivity index (χ2n) is 7.06. The smallest absolute Gasteiger partial charge is 0.244 e. The summed E-state index contributed by atoms with van der Waals surface area (Å²) < 4.78 is 27.9. The van der Waals surface area contributed by atoms with E-state index in [0.29, 0.717) is 5.65 Å². The van der Waals surface area contributed by atoms with Gasteiger partial charge in [-0.15, -0.1) is 11.3 Å². The molecule has 3 heterocycles. The SMILES string of the molecule is O=S(=O)(c1ccccc1)n1cc(-c2nccs2)c2cc(C3=CCCCC3)cnc21. The summed E-state index contributed by atoms with van der Waals surface area (Å²) in [7, 11) is -3.76. The fraction of sp³-hybridized carbons (Fsp3) is 0.182. The van der Waals surface area contributed by atoms with Crippen LogP contribution in [0.4, 0.5) is 0 Å². The Morgan fingerprint density at radius 2 is 1.93 bits per heavy atom. The molecule has 0 saturated heterocycles. The first kappa shape index (κ1) is 18.3. The highest BCUT2D eigenvalue weighted by atomic mass is 32.2. The first-order valence-corrected chi connectivity index (χ1v) is 11.9. The van der Waals surface area contributed by atoms with Gasteiger partial charge in [0.1, 0.15) is 5.01 Å². The van der Waals surface area contributed by atoms with Crippen LogP contribution in [0.1, 0.15) is 31.2 Å². The number of aromatic nitrogens is 3. The fourth-order valence-electron chi connectivity index (χ4n) is 3.77. The van der Waals surface area contributed by atoms with Crippen LogP contribution in [0.3, 0.4) is 0 Å². The third kappa shape index (κ3) is 3.20. The molecule has 0 unspecified atom stereocenters. The van der Waals surface area contributed by atoms with Crippen LogP contribution in [0, 0.1) is 0 Å². The van der Waals surface area contributed by atoms with Gasteiger partial charge in [-0.2, -0.15) is 0 Å². The summed E-state index contributed by atoms with van der Waals surface area (Å²) in [6.45, 7) is 0.